The third kappa shape index (κ3) is 6.24. The summed E-state index contributed by atoms with van der Waals surface area (Å²) in [5, 5.41) is 7.54. The van der Waals surface area contributed by atoms with E-state index in [1.54, 1.807) is 16.7 Å². The van der Waals surface area contributed by atoms with Gasteiger partial charge in [-0.25, -0.2) is 4.39 Å². The molecule has 2 aromatic carbocycles. The molecule has 3 aromatic rings. The van der Waals surface area contributed by atoms with Gasteiger partial charge in [-0.05, 0) is 112 Å². The molecule has 2 aliphatic heterocycles. The van der Waals surface area contributed by atoms with E-state index < -0.39 is 5.91 Å². The molecule has 2 amide bonds. The van der Waals surface area contributed by atoms with Gasteiger partial charge in [-0.15, -0.1) is 0 Å². The van der Waals surface area contributed by atoms with E-state index in [9.17, 15) is 18.8 Å². The molecule has 6 rings (SSSR count). The van der Waals surface area contributed by atoms with Crippen molar-refractivity contribution in [3.05, 3.63) is 53.5 Å². The van der Waals surface area contributed by atoms with Gasteiger partial charge in [0.15, 0.2) is 0 Å². The number of halogens is 1. The molecule has 1 aliphatic carbocycles. The van der Waals surface area contributed by atoms with Crippen LogP contribution in [0.2, 0.25) is 0 Å². The molecule has 1 saturated heterocycles. The fourth-order valence-corrected chi connectivity index (χ4v) is 7.90. The molecule has 0 unspecified atom stereocenters. The summed E-state index contributed by atoms with van der Waals surface area (Å²) in [7, 11) is 0. The van der Waals surface area contributed by atoms with Gasteiger partial charge in [0.05, 0.1) is 11.1 Å². The molecule has 1 aromatic heterocycles. The number of hydrogen-bond donors (Lipinski definition) is 3. The van der Waals surface area contributed by atoms with Crippen LogP contribution in [0.3, 0.4) is 0 Å². The molecule has 0 spiro atoms. The van der Waals surface area contributed by atoms with E-state index in [2.05, 4.69) is 29.4 Å². The third-order valence-electron chi connectivity index (χ3n) is 10.8. The second-order valence-electron chi connectivity index (χ2n) is 13.4. The van der Waals surface area contributed by atoms with Crippen LogP contribution in [0, 0.1) is 17.2 Å². The predicted octanol–water partition coefficient (Wildman–Crippen LogP) is 6.12. The summed E-state index contributed by atoms with van der Waals surface area (Å²) in [4.78, 5) is 41.4. The first kappa shape index (κ1) is 31.3. The van der Waals surface area contributed by atoms with Crippen LogP contribution in [0.1, 0.15) is 92.5 Å². The van der Waals surface area contributed by atoms with Crippen LogP contribution in [0.25, 0.3) is 22.0 Å². The summed E-state index contributed by atoms with van der Waals surface area (Å²) >= 11 is 0. The zero-order valence-electron chi connectivity index (χ0n) is 26.6. The average molecular weight is 616 g/mol. The number of nitrogens with two attached hydrogens (primary N) is 1. The van der Waals surface area contributed by atoms with Crippen LogP contribution in [-0.4, -0.2) is 59.4 Å². The highest BCUT2D eigenvalue weighted by Gasteiger charge is 2.39. The molecule has 3 heterocycles. The molecule has 0 bridgehead atoms. The average Bonchev–Trinajstić information content (AvgIpc) is 3.67. The SMILES string of the molecule is CCC1(CC)CC(=O)n2c(c(-c3ccc(C(N)=O)c(N[C@H]4CC[C@H](C(=O)NCCN5CCCC5)CC4)c3)c3ccc(F)cc32)C1. The summed E-state index contributed by atoms with van der Waals surface area (Å²) < 4.78 is 16.2. The van der Waals surface area contributed by atoms with Gasteiger partial charge in [0, 0.05) is 53.8 Å². The molecular weight excluding hydrogens is 569 g/mol. The molecule has 0 atom stereocenters. The van der Waals surface area contributed by atoms with E-state index in [-0.39, 0.29) is 35.0 Å². The molecular formula is C36H46FN5O3. The number of likely N-dealkylation sites (tertiary alicyclic amines) is 1. The van der Waals surface area contributed by atoms with Crippen molar-refractivity contribution in [1.29, 1.82) is 0 Å². The monoisotopic (exact) mass is 615 g/mol. The third-order valence-corrected chi connectivity index (χ3v) is 10.8. The smallest absolute Gasteiger partial charge is 0.250 e. The van der Waals surface area contributed by atoms with Crippen molar-refractivity contribution in [3.63, 3.8) is 0 Å². The van der Waals surface area contributed by atoms with E-state index in [0.717, 1.165) is 80.4 Å². The van der Waals surface area contributed by atoms with Crippen molar-refractivity contribution in [1.82, 2.24) is 14.8 Å². The molecule has 2 fully saturated rings. The van der Waals surface area contributed by atoms with Gasteiger partial charge in [-0.3, -0.25) is 19.0 Å². The van der Waals surface area contributed by atoms with Crippen molar-refractivity contribution in [2.45, 2.75) is 84.1 Å². The number of benzene rings is 2. The Morgan fingerprint density at radius 1 is 1.00 bits per heavy atom. The summed E-state index contributed by atoms with van der Waals surface area (Å²) in [6.07, 6.45) is 8.54. The van der Waals surface area contributed by atoms with Crippen molar-refractivity contribution in [2.24, 2.45) is 17.1 Å². The number of fused-ring (bicyclic) bond motifs is 3. The molecule has 0 radical (unpaired) electrons. The lowest BCUT2D eigenvalue weighted by Gasteiger charge is -2.36. The number of aromatic nitrogens is 1. The Hall–Kier alpha value is -3.72. The highest BCUT2D eigenvalue weighted by atomic mass is 19.1. The van der Waals surface area contributed by atoms with Crippen molar-refractivity contribution < 1.29 is 18.8 Å². The standard InChI is InChI=1S/C36H46FN5O3/c1-3-36(4-2)21-31-33(28-14-10-25(37)20-30(28)42(31)32(43)22-36)24-9-13-27(34(38)44)29(19-24)40-26-11-7-23(8-12-26)35(45)39-15-18-41-16-5-6-17-41/h9-10,13-14,19-20,23,26,40H,3-8,11-12,15-18,21-22H2,1-2H3,(H2,38,44)(H,39,45)/t23-,26-. The topological polar surface area (TPSA) is 109 Å². The Kier molecular flexibility index (Phi) is 9.00. The molecule has 45 heavy (non-hydrogen) atoms. The lowest BCUT2D eigenvalue weighted by Crippen LogP contribution is -2.39. The van der Waals surface area contributed by atoms with Crippen molar-refractivity contribution in [2.75, 3.05) is 31.5 Å². The van der Waals surface area contributed by atoms with Gasteiger partial charge in [0.25, 0.3) is 5.91 Å². The molecule has 3 aliphatic rings. The maximum Gasteiger partial charge on any atom is 0.250 e. The van der Waals surface area contributed by atoms with Gasteiger partial charge < -0.3 is 21.3 Å². The zero-order chi connectivity index (χ0) is 31.7. The zero-order valence-corrected chi connectivity index (χ0v) is 26.6. The van der Waals surface area contributed by atoms with Gasteiger partial charge >= 0.3 is 0 Å². The van der Waals surface area contributed by atoms with Crippen molar-refractivity contribution in [3.8, 4) is 11.1 Å². The van der Waals surface area contributed by atoms with Crippen LogP contribution in [-0.2, 0) is 11.2 Å². The highest BCUT2D eigenvalue weighted by molar-refractivity contribution is 6.06. The predicted molar refractivity (Wildman–Crippen MR) is 176 cm³/mol. The summed E-state index contributed by atoms with van der Waals surface area (Å²) in [6.45, 7) is 8.12. The Morgan fingerprint density at radius 3 is 2.42 bits per heavy atom. The number of hydrogen-bond acceptors (Lipinski definition) is 5. The van der Waals surface area contributed by atoms with E-state index in [0.29, 0.717) is 36.2 Å². The lowest BCUT2D eigenvalue weighted by molar-refractivity contribution is -0.126. The van der Waals surface area contributed by atoms with Gasteiger partial charge in [0.1, 0.15) is 5.82 Å². The second-order valence-corrected chi connectivity index (χ2v) is 13.4. The number of nitrogens with zero attached hydrogens (tertiary/aromatic N) is 2. The van der Waals surface area contributed by atoms with Crippen LogP contribution >= 0.6 is 0 Å². The number of primary amides is 1. The van der Waals surface area contributed by atoms with Crippen LogP contribution < -0.4 is 16.4 Å². The van der Waals surface area contributed by atoms with Crippen LogP contribution in [0.4, 0.5) is 10.1 Å². The van der Waals surface area contributed by atoms with Crippen LogP contribution in [0.5, 0.6) is 0 Å². The summed E-state index contributed by atoms with van der Waals surface area (Å²) in [6, 6.07) is 10.3. The number of nitrogens with one attached hydrogen (secondary N) is 2. The Labute approximate surface area is 264 Å². The Morgan fingerprint density at radius 2 is 1.73 bits per heavy atom. The van der Waals surface area contributed by atoms with Crippen LogP contribution in [0.15, 0.2) is 36.4 Å². The van der Waals surface area contributed by atoms with Gasteiger partial charge in [-0.2, -0.15) is 0 Å². The Bertz CT molecular complexity index is 1600. The fraction of sp³-hybridized carbons (Fsp3) is 0.528. The number of carbonyl (C=O) groups excluding carboxylic acids is 3. The van der Waals surface area contributed by atoms with E-state index in [1.165, 1.54) is 25.0 Å². The second kappa shape index (κ2) is 12.9. The summed E-state index contributed by atoms with van der Waals surface area (Å²) in [5.74, 6) is -0.776. The molecule has 9 heteroatoms. The first-order valence-corrected chi connectivity index (χ1v) is 16.8. The minimum absolute atomic E-state index is 0.00173. The first-order chi connectivity index (χ1) is 21.7. The maximum absolute atomic E-state index is 14.5. The maximum atomic E-state index is 14.5. The lowest BCUT2D eigenvalue weighted by atomic mass is 9.72. The number of amides is 2. The van der Waals surface area contributed by atoms with E-state index >= 15 is 0 Å². The molecule has 240 valence electrons. The normalized spacial score (nSPS) is 21.5. The Balaban J connectivity index is 1.24. The van der Waals surface area contributed by atoms with E-state index in [1.807, 2.05) is 12.1 Å². The van der Waals surface area contributed by atoms with Gasteiger partial charge in [-0.1, -0.05) is 19.9 Å². The molecule has 8 nitrogen and oxygen atoms in total. The largest absolute Gasteiger partial charge is 0.382 e. The van der Waals surface area contributed by atoms with Gasteiger partial charge in [0.2, 0.25) is 11.8 Å². The number of rotatable bonds is 10. The fourth-order valence-electron chi connectivity index (χ4n) is 7.90. The minimum Gasteiger partial charge on any atom is -0.382 e. The first-order valence-electron chi connectivity index (χ1n) is 16.8. The van der Waals surface area contributed by atoms with E-state index in [4.69, 9.17) is 5.73 Å². The number of anilines is 1. The quantitative estimate of drug-likeness (QED) is 0.255. The van der Waals surface area contributed by atoms with Crippen molar-refractivity contribution >= 4 is 34.3 Å². The minimum atomic E-state index is -0.521. The highest BCUT2D eigenvalue weighted by Crippen LogP contribution is 2.46. The summed E-state index contributed by atoms with van der Waals surface area (Å²) in [5.41, 5.74) is 9.95. The molecule has 4 N–H and O–H groups in total. The molecule has 1 saturated carbocycles. The number of carbonyl (C=O) groups is 3.